The standard InChI is InChI=1S/C17H32N4O/c1-18-17(19-11-13-5-4-8-16(13)22)20-14-9-10-21(12-14)15-6-2-3-7-15/h13-16,22H,2-12H2,1H3,(H2,18,19,20). The predicted octanol–water partition coefficient (Wildman–Crippen LogP) is 1.33. The summed E-state index contributed by atoms with van der Waals surface area (Å²) in [6, 6.07) is 1.34. The van der Waals surface area contributed by atoms with Crippen LogP contribution in [0.2, 0.25) is 0 Å². The molecule has 5 heteroatoms. The lowest BCUT2D eigenvalue weighted by molar-refractivity contribution is 0.134. The maximum absolute atomic E-state index is 9.91. The Morgan fingerprint density at radius 2 is 1.95 bits per heavy atom. The summed E-state index contributed by atoms with van der Waals surface area (Å²) in [7, 11) is 1.84. The molecule has 5 nitrogen and oxygen atoms in total. The Bertz CT molecular complexity index is 381. The van der Waals surface area contributed by atoms with Gasteiger partial charge in [-0.3, -0.25) is 9.89 Å². The minimum absolute atomic E-state index is 0.130. The zero-order valence-corrected chi connectivity index (χ0v) is 13.9. The Kier molecular flexibility index (Phi) is 5.58. The summed E-state index contributed by atoms with van der Waals surface area (Å²) in [4.78, 5) is 7.02. The molecule has 0 bridgehead atoms. The Morgan fingerprint density at radius 1 is 1.14 bits per heavy atom. The quantitative estimate of drug-likeness (QED) is 0.542. The van der Waals surface area contributed by atoms with Crippen molar-refractivity contribution in [2.24, 2.45) is 10.9 Å². The smallest absolute Gasteiger partial charge is 0.191 e. The zero-order chi connectivity index (χ0) is 15.4. The second-order valence-corrected chi connectivity index (χ2v) is 7.27. The first kappa shape index (κ1) is 16.1. The summed E-state index contributed by atoms with van der Waals surface area (Å²) in [6.07, 6.45) is 9.91. The molecule has 0 aromatic carbocycles. The lowest BCUT2D eigenvalue weighted by Crippen LogP contribution is -2.47. The Hall–Kier alpha value is -0.810. The van der Waals surface area contributed by atoms with Gasteiger partial charge in [-0.05, 0) is 32.1 Å². The topological polar surface area (TPSA) is 59.9 Å². The summed E-state index contributed by atoms with van der Waals surface area (Å²) in [5.41, 5.74) is 0. The van der Waals surface area contributed by atoms with E-state index in [2.05, 4.69) is 20.5 Å². The monoisotopic (exact) mass is 308 g/mol. The molecule has 22 heavy (non-hydrogen) atoms. The van der Waals surface area contributed by atoms with Gasteiger partial charge in [-0.1, -0.05) is 19.3 Å². The van der Waals surface area contributed by atoms with Crippen molar-refractivity contribution in [1.82, 2.24) is 15.5 Å². The molecule has 0 amide bonds. The van der Waals surface area contributed by atoms with Gasteiger partial charge in [-0.2, -0.15) is 0 Å². The van der Waals surface area contributed by atoms with Crippen LogP contribution in [0.1, 0.15) is 51.4 Å². The van der Waals surface area contributed by atoms with Gasteiger partial charge in [0.2, 0.25) is 0 Å². The fourth-order valence-corrected chi connectivity index (χ4v) is 4.38. The second-order valence-electron chi connectivity index (χ2n) is 7.27. The van der Waals surface area contributed by atoms with Crippen LogP contribution in [-0.4, -0.2) is 60.8 Å². The molecule has 0 spiro atoms. The van der Waals surface area contributed by atoms with E-state index in [1.165, 1.54) is 38.6 Å². The molecule has 2 saturated carbocycles. The highest BCUT2D eigenvalue weighted by Crippen LogP contribution is 2.26. The van der Waals surface area contributed by atoms with E-state index in [4.69, 9.17) is 0 Å². The number of likely N-dealkylation sites (tertiary alicyclic amines) is 1. The molecule has 3 atom stereocenters. The lowest BCUT2D eigenvalue weighted by atomic mass is 10.1. The van der Waals surface area contributed by atoms with E-state index in [0.717, 1.165) is 44.4 Å². The highest BCUT2D eigenvalue weighted by atomic mass is 16.3. The van der Waals surface area contributed by atoms with Crippen LogP contribution in [0.5, 0.6) is 0 Å². The van der Waals surface area contributed by atoms with Gasteiger partial charge in [0.25, 0.3) is 0 Å². The van der Waals surface area contributed by atoms with Gasteiger partial charge in [0.15, 0.2) is 5.96 Å². The summed E-state index contributed by atoms with van der Waals surface area (Å²) >= 11 is 0. The number of guanidine groups is 1. The van der Waals surface area contributed by atoms with E-state index < -0.39 is 0 Å². The third-order valence-electron chi connectivity index (χ3n) is 5.78. The van der Waals surface area contributed by atoms with E-state index in [9.17, 15) is 5.11 Å². The zero-order valence-electron chi connectivity index (χ0n) is 13.9. The first-order valence-electron chi connectivity index (χ1n) is 9.15. The summed E-state index contributed by atoms with van der Waals surface area (Å²) in [5.74, 6) is 1.29. The fourth-order valence-electron chi connectivity index (χ4n) is 4.38. The maximum atomic E-state index is 9.91. The van der Waals surface area contributed by atoms with Crippen molar-refractivity contribution in [2.75, 3.05) is 26.7 Å². The first-order valence-corrected chi connectivity index (χ1v) is 9.15. The molecule has 3 unspecified atom stereocenters. The Balaban J connectivity index is 1.41. The van der Waals surface area contributed by atoms with Crippen molar-refractivity contribution in [3.8, 4) is 0 Å². The highest BCUT2D eigenvalue weighted by molar-refractivity contribution is 5.80. The van der Waals surface area contributed by atoms with Crippen molar-refractivity contribution in [2.45, 2.75) is 69.6 Å². The van der Waals surface area contributed by atoms with Gasteiger partial charge in [0.1, 0.15) is 0 Å². The van der Waals surface area contributed by atoms with E-state index >= 15 is 0 Å². The SMILES string of the molecule is CN=C(NCC1CCCC1O)NC1CCN(C2CCCC2)C1. The molecular weight excluding hydrogens is 276 g/mol. The first-order chi connectivity index (χ1) is 10.8. The summed E-state index contributed by atoms with van der Waals surface area (Å²) in [6.45, 7) is 3.21. The maximum Gasteiger partial charge on any atom is 0.191 e. The van der Waals surface area contributed by atoms with E-state index in [0.29, 0.717) is 12.0 Å². The molecule has 3 aliphatic rings. The molecule has 3 rings (SSSR count). The van der Waals surface area contributed by atoms with Gasteiger partial charge in [-0.15, -0.1) is 0 Å². The van der Waals surface area contributed by atoms with Crippen LogP contribution in [0.15, 0.2) is 4.99 Å². The minimum Gasteiger partial charge on any atom is -0.393 e. The van der Waals surface area contributed by atoms with E-state index in [-0.39, 0.29) is 6.10 Å². The van der Waals surface area contributed by atoms with Crippen LogP contribution >= 0.6 is 0 Å². The molecular formula is C17H32N4O. The number of aliphatic hydroxyl groups is 1. The molecule has 126 valence electrons. The summed E-state index contributed by atoms with van der Waals surface area (Å²) < 4.78 is 0. The minimum atomic E-state index is -0.130. The fraction of sp³-hybridized carbons (Fsp3) is 0.941. The molecule has 0 radical (unpaired) electrons. The van der Waals surface area contributed by atoms with Crippen molar-refractivity contribution in [1.29, 1.82) is 0 Å². The van der Waals surface area contributed by atoms with Crippen molar-refractivity contribution in [3.63, 3.8) is 0 Å². The predicted molar refractivity (Wildman–Crippen MR) is 90.1 cm³/mol. The van der Waals surface area contributed by atoms with Crippen LogP contribution in [-0.2, 0) is 0 Å². The molecule has 0 aromatic heterocycles. The van der Waals surface area contributed by atoms with Crippen LogP contribution in [0.3, 0.4) is 0 Å². The number of nitrogens with one attached hydrogen (secondary N) is 2. The number of nitrogens with zero attached hydrogens (tertiary/aromatic N) is 2. The molecule has 2 aliphatic carbocycles. The van der Waals surface area contributed by atoms with Gasteiger partial charge in [0, 0.05) is 44.7 Å². The Morgan fingerprint density at radius 3 is 2.64 bits per heavy atom. The van der Waals surface area contributed by atoms with E-state index in [1.54, 1.807) is 0 Å². The number of aliphatic imine (C=N–C) groups is 1. The van der Waals surface area contributed by atoms with Crippen molar-refractivity contribution < 1.29 is 5.11 Å². The van der Waals surface area contributed by atoms with Gasteiger partial charge < -0.3 is 15.7 Å². The van der Waals surface area contributed by atoms with Gasteiger partial charge >= 0.3 is 0 Å². The molecule has 3 fully saturated rings. The van der Waals surface area contributed by atoms with Crippen LogP contribution in [0.4, 0.5) is 0 Å². The lowest BCUT2D eigenvalue weighted by Gasteiger charge is -2.24. The summed E-state index contributed by atoms with van der Waals surface area (Å²) in [5, 5.41) is 16.9. The number of aliphatic hydroxyl groups excluding tert-OH is 1. The number of hydrogen-bond acceptors (Lipinski definition) is 3. The highest BCUT2D eigenvalue weighted by Gasteiger charge is 2.30. The third kappa shape index (κ3) is 3.93. The van der Waals surface area contributed by atoms with Crippen LogP contribution < -0.4 is 10.6 Å². The third-order valence-corrected chi connectivity index (χ3v) is 5.78. The van der Waals surface area contributed by atoms with Gasteiger partial charge in [0.05, 0.1) is 6.10 Å². The largest absolute Gasteiger partial charge is 0.393 e. The Labute approximate surface area is 134 Å². The van der Waals surface area contributed by atoms with Crippen LogP contribution in [0, 0.1) is 5.92 Å². The molecule has 1 aliphatic heterocycles. The van der Waals surface area contributed by atoms with Crippen molar-refractivity contribution >= 4 is 5.96 Å². The molecule has 3 N–H and O–H groups in total. The molecule has 1 saturated heterocycles. The van der Waals surface area contributed by atoms with E-state index in [1.807, 2.05) is 7.05 Å². The number of hydrogen-bond donors (Lipinski definition) is 3. The normalized spacial score (nSPS) is 34.5. The second kappa shape index (κ2) is 7.64. The number of rotatable bonds is 4. The van der Waals surface area contributed by atoms with Crippen molar-refractivity contribution in [3.05, 3.63) is 0 Å². The average molecular weight is 308 g/mol. The van der Waals surface area contributed by atoms with Crippen LogP contribution in [0.25, 0.3) is 0 Å². The van der Waals surface area contributed by atoms with Gasteiger partial charge in [-0.25, -0.2) is 0 Å². The molecule has 0 aromatic rings. The molecule has 1 heterocycles. The average Bonchev–Trinajstić information content (AvgIpc) is 3.25.